The summed E-state index contributed by atoms with van der Waals surface area (Å²) in [7, 11) is 0. The Morgan fingerprint density at radius 3 is 2.94 bits per heavy atom. The summed E-state index contributed by atoms with van der Waals surface area (Å²) in [5.74, 6) is 0. The quantitative estimate of drug-likeness (QED) is 0.747. The van der Waals surface area contributed by atoms with Gasteiger partial charge in [0.2, 0.25) is 0 Å². The minimum absolute atomic E-state index is 0.456. The molecule has 2 nitrogen and oxygen atoms in total. The van der Waals surface area contributed by atoms with E-state index in [4.69, 9.17) is 4.74 Å². The Morgan fingerprint density at radius 1 is 1.31 bits per heavy atom. The predicted molar refractivity (Wildman–Crippen MR) is 62.7 cm³/mol. The Hall–Kier alpha value is -1.00. The van der Waals surface area contributed by atoms with E-state index in [0.717, 1.165) is 21.1 Å². The highest BCUT2D eigenvalue weighted by Crippen LogP contribution is 2.32. The van der Waals surface area contributed by atoms with E-state index in [2.05, 4.69) is 20.9 Å². The van der Waals surface area contributed by atoms with E-state index < -0.39 is 6.67 Å². The highest BCUT2D eigenvalue weighted by atomic mass is 79.9. The first kappa shape index (κ1) is 10.2. The van der Waals surface area contributed by atoms with Crippen LogP contribution < -0.4 is 0 Å². The van der Waals surface area contributed by atoms with E-state index in [1.165, 1.54) is 5.56 Å². The molecule has 0 spiro atoms. The average molecular weight is 282 g/mol. The van der Waals surface area contributed by atoms with Gasteiger partial charge in [0, 0.05) is 10.9 Å². The molecule has 0 fully saturated rings. The van der Waals surface area contributed by atoms with Crippen LogP contribution in [0.5, 0.6) is 0 Å². The van der Waals surface area contributed by atoms with Gasteiger partial charge in [0.25, 0.3) is 0 Å². The maximum Gasteiger partial charge on any atom is 0.115 e. The van der Waals surface area contributed by atoms with Crippen LogP contribution in [-0.2, 0) is 24.6 Å². The van der Waals surface area contributed by atoms with Crippen molar-refractivity contribution < 1.29 is 9.13 Å². The Morgan fingerprint density at radius 2 is 2.12 bits per heavy atom. The van der Waals surface area contributed by atoms with Gasteiger partial charge in [0.15, 0.2) is 0 Å². The summed E-state index contributed by atoms with van der Waals surface area (Å²) in [6, 6.07) is 5.52. The van der Waals surface area contributed by atoms with Crippen LogP contribution in [-0.4, -0.2) is 4.98 Å². The molecule has 16 heavy (non-hydrogen) atoms. The third-order valence-electron chi connectivity index (χ3n) is 2.87. The van der Waals surface area contributed by atoms with Crippen molar-refractivity contribution >= 4 is 26.8 Å². The second-order valence-corrected chi connectivity index (χ2v) is 4.59. The second kappa shape index (κ2) is 3.79. The van der Waals surface area contributed by atoms with Gasteiger partial charge in [-0.2, -0.15) is 0 Å². The lowest BCUT2D eigenvalue weighted by Crippen LogP contribution is -1.92. The zero-order valence-electron chi connectivity index (χ0n) is 8.46. The summed E-state index contributed by atoms with van der Waals surface area (Å²) in [6.45, 7) is 0.758. The topological polar surface area (TPSA) is 22.1 Å². The molecule has 0 amide bonds. The van der Waals surface area contributed by atoms with Gasteiger partial charge in [-0.3, -0.25) is 0 Å². The van der Waals surface area contributed by atoms with Crippen molar-refractivity contribution in [2.75, 3.05) is 0 Å². The van der Waals surface area contributed by atoms with Crippen LogP contribution in [0, 0.1) is 0 Å². The Kier molecular flexibility index (Phi) is 2.41. The number of ether oxygens (including phenoxy) is 1. The number of alkyl halides is 1. The second-order valence-electron chi connectivity index (χ2n) is 3.84. The Labute approximate surface area is 101 Å². The first-order valence-corrected chi connectivity index (χ1v) is 5.82. The summed E-state index contributed by atoms with van der Waals surface area (Å²) in [6.07, 6.45) is 0. The van der Waals surface area contributed by atoms with E-state index in [1.807, 2.05) is 6.07 Å². The van der Waals surface area contributed by atoms with Crippen molar-refractivity contribution in [3.05, 3.63) is 39.5 Å². The molecule has 3 rings (SSSR count). The fourth-order valence-corrected chi connectivity index (χ4v) is 2.58. The first-order valence-electron chi connectivity index (χ1n) is 5.03. The fraction of sp³-hybridized carbons (Fsp3) is 0.250. The zero-order chi connectivity index (χ0) is 11.1. The molecule has 2 aromatic rings. The van der Waals surface area contributed by atoms with Gasteiger partial charge < -0.3 is 4.74 Å². The molecule has 82 valence electrons. The molecule has 0 saturated carbocycles. The molecule has 0 aliphatic carbocycles. The van der Waals surface area contributed by atoms with Gasteiger partial charge >= 0.3 is 0 Å². The van der Waals surface area contributed by atoms with Gasteiger partial charge in [0.1, 0.15) is 11.3 Å². The van der Waals surface area contributed by atoms with Crippen molar-refractivity contribution in [3.63, 3.8) is 0 Å². The monoisotopic (exact) mass is 281 g/mol. The highest BCUT2D eigenvalue weighted by Gasteiger charge is 2.19. The maximum atomic E-state index is 12.6. The van der Waals surface area contributed by atoms with Gasteiger partial charge in [-0.1, -0.05) is 12.1 Å². The predicted octanol–water partition coefficient (Wildman–Crippen LogP) is 3.50. The zero-order valence-corrected chi connectivity index (χ0v) is 10.1. The van der Waals surface area contributed by atoms with Crippen LogP contribution in [0.4, 0.5) is 4.39 Å². The number of fused-ring (bicyclic) bond motifs is 3. The largest absolute Gasteiger partial charge is 0.372 e. The summed E-state index contributed by atoms with van der Waals surface area (Å²) in [5.41, 5.74) is 3.76. The molecule has 1 aromatic carbocycles. The van der Waals surface area contributed by atoms with Crippen LogP contribution >= 0.6 is 15.9 Å². The van der Waals surface area contributed by atoms with Gasteiger partial charge in [-0.05, 0) is 33.1 Å². The number of aromatic nitrogens is 1. The van der Waals surface area contributed by atoms with Crippen LogP contribution in [0.1, 0.15) is 16.7 Å². The van der Waals surface area contributed by atoms with Crippen LogP contribution in [0.25, 0.3) is 10.9 Å². The first-order chi connectivity index (χ1) is 7.79. The number of hydrogen-bond acceptors (Lipinski definition) is 2. The maximum absolute atomic E-state index is 12.6. The molecule has 0 atom stereocenters. The van der Waals surface area contributed by atoms with Crippen molar-refractivity contribution in [2.24, 2.45) is 0 Å². The van der Waals surface area contributed by atoms with Crippen molar-refractivity contribution in [2.45, 2.75) is 19.9 Å². The number of halogens is 2. The summed E-state index contributed by atoms with van der Waals surface area (Å²) in [4.78, 5) is 4.43. The smallest absolute Gasteiger partial charge is 0.115 e. The molecule has 0 N–H and O–H groups in total. The standard InChI is InChI=1S/C12H9BrFNO/c13-12-10-6-16-5-9(10)8-2-1-7(4-14)3-11(8)15-12/h1-3H,4-6H2. The molecule has 0 bridgehead atoms. The van der Waals surface area contributed by atoms with E-state index in [1.54, 1.807) is 12.1 Å². The van der Waals surface area contributed by atoms with E-state index >= 15 is 0 Å². The number of hydrogen-bond donors (Lipinski definition) is 0. The third kappa shape index (κ3) is 1.44. The van der Waals surface area contributed by atoms with Crippen LogP contribution in [0.15, 0.2) is 22.8 Å². The average Bonchev–Trinajstić information content (AvgIpc) is 2.78. The number of benzene rings is 1. The molecular weight excluding hydrogens is 273 g/mol. The number of nitrogens with zero attached hydrogens (tertiary/aromatic N) is 1. The molecule has 1 aliphatic rings. The molecular formula is C12H9BrFNO. The van der Waals surface area contributed by atoms with E-state index in [9.17, 15) is 4.39 Å². The molecule has 1 aromatic heterocycles. The van der Waals surface area contributed by atoms with Gasteiger partial charge in [-0.15, -0.1) is 0 Å². The third-order valence-corrected chi connectivity index (χ3v) is 3.52. The lowest BCUT2D eigenvalue weighted by molar-refractivity contribution is 0.134. The van der Waals surface area contributed by atoms with Crippen molar-refractivity contribution in [1.82, 2.24) is 4.98 Å². The summed E-state index contributed by atoms with van der Waals surface area (Å²) >= 11 is 3.43. The van der Waals surface area contributed by atoms with Crippen molar-refractivity contribution in [1.29, 1.82) is 0 Å². The minimum atomic E-state index is -0.456. The van der Waals surface area contributed by atoms with Crippen LogP contribution in [0.3, 0.4) is 0 Å². The molecule has 1 aliphatic heterocycles. The lowest BCUT2D eigenvalue weighted by atomic mass is 10.0. The number of pyridine rings is 1. The molecule has 4 heteroatoms. The molecule has 0 radical (unpaired) electrons. The minimum Gasteiger partial charge on any atom is -0.372 e. The van der Waals surface area contributed by atoms with Crippen molar-refractivity contribution in [3.8, 4) is 0 Å². The molecule has 0 saturated heterocycles. The number of rotatable bonds is 1. The van der Waals surface area contributed by atoms with Gasteiger partial charge in [-0.25, -0.2) is 9.37 Å². The van der Waals surface area contributed by atoms with Gasteiger partial charge in [0.05, 0.1) is 18.7 Å². The highest BCUT2D eigenvalue weighted by molar-refractivity contribution is 9.10. The van der Waals surface area contributed by atoms with E-state index in [-0.39, 0.29) is 0 Å². The molecule has 0 unspecified atom stereocenters. The molecule has 2 heterocycles. The van der Waals surface area contributed by atoms with E-state index in [0.29, 0.717) is 18.8 Å². The summed E-state index contributed by atoms with van der Waals surface area (Å²) in [5, 5.41) is 1.06. The normalized spacial score (nSPS) is 14.4. The fourth-order valence-electron chi connectivity index (χ4n) is 2.04. The SMILES string of the molecule is FCc1ccc2c3c(c(Br)nc2c1)COC3. The Bertz CT molecular complexity index is 570. The van der Waals surface area contributed by atoms with Crippen LogP contribution in [0.2, 0.25) is 0 Å². The lowest BCUT2D eigenvalue weighted by Gasteiger charge is -2.06. The summed E-state index contributed by atoms with van der Waals surface area (Å²) < 4.78 is 18.8. The Balaban J connectivity index is 2.33.